The van der Waals surface area contributed by atoms with Crippen molar-refractivity contribution in [3.8, 4) is 5.88 Å². The van der Waals surface area contributed by atoms with Crippen molar-refractivity contribution in [2.75, 3.05) is 12.4 Å². The van der Waals surface area contributed by atoms with Crippen molar-refractivity contribution in [3.63, 3.8) is 0 Å². The van der Waals surface area contributed by atoms with Crippen LogP contribution >= 0.6 is 0 Å². The summed E-state index contributed by atoms with van der Waals surface area (Å²) in [6, 6.07) is 10.0. The molecule has 0 bridgehead atoms. The van der Waals surface area contributed by atoms with Crippen molar-refractivity contribution < 1.29 is 14.3 Å². The van der Waals surface area contributed by atoms with Crippen LogP contribution in [-0.2, 0) is 4.79 Å². The van der Waals surface area contributed by atoms with Gasteiger partial charge in [-0.05, 0) is 37.0 Å². The van der Waals surface area contributed by atoms with Crippen LogP contribution in [0, 0.1) is 12.8 Å². The molecule has 1 heterocycles. The molecule has 1 unspecified atom stereocenters. The van der Waals surface area contributed by atoms with E-state index in [0.717, 1.165) is 5.56 Å². The molecule has 0 saturated carbocycles. The number of ether oxygens (including phenoxy) is 1. The van der Waals surface area contributed by atoms with E-state index in [1.807, 2.05) is 39.0 Å². The zero-order valence-corrected chi connectivity index (χ0v) is 15.6. The molecule has 138 valence electrons. The maximum Gasteiger partial charge on any atom is 0.252 e. The first-order valence-electron chi connectivity index (χ1n) is 8.58. The number of carbonyl (C=O) groups is 2. The number of anilines is 1. The highest BCUT2D eigenvalue weighted by molar-refractivity contribution is 6.01. The second-order valence-corrected chi connectivity index (χ2v) is 6.55. The molecule has 2 rings (SSSR count). The van der Waals surface area contributed by atoms with Crippen LogP contribution in [0.15, 0.2) is 42.6 Å². The summed E-state index contributed by atoms with van der Waals surface area (Å²) in [5, 5.41) is 5.65. The molecule has 0 radical (unpaired) electrons. The molecule has 6 heteroatoms. The number of nitrogens with zero attached hydrogens (tertiary/aromatic N) is 1. The van der Waals surface area contributed by atoms with E-state index in [-0.39, 0.29) is 17.7 Å². The van der Waals surface area contributed by atoms with Crippen LogP contribution in [0.1, 0.15) is 36.2 Å². The van der Waals surface area contributed by atoms with Crippen molar-refractivity contribution in [1.82, 2.24) is 10.3 Å². The summed E-state index contributed by atoms with van der Waals surface area (Å²) in [6.07, 6.45) is 2.05. The van der Waals surface area contributed by atoms with Gasteiger partial charge < -0.3 is 15.4 Å². The summed E-state index contributed by atoms with van der Waals surface area (Å²) in [7, 11) is 1.53. The zero-order valence-electron chi connectivity index (χ0n) is 15.6. The van der Waals surface area contributed by atoms with Crippen molar-refractivity contribution in [2.45, 2.75) is 33.2 Å². The van der Waals surface area contributed by atoms with Gasteiger partial charge in [0.25, 0.3) is 5.91 Å². The average Bonchev–Trinajstić information content (AvgIpc) is 2.61. The molecule has 0 aliphatic rings. The Kier molecular flexibility index (Phi) is 6.72. The van der Waals surface area contributed by atoms with E-state index in [0.29, 0.717) is 23.6 Å². The van der Waals surface area contributed by atoms with Crippen molar-refractivity contribution in [1.29, 1.82) is 0 Å². The molecule has 1 atom stereocenters. The fraction of sp³-hybridized carbons (Fsp3) is 0.350. The van der Waals surface area contributed by atoms with Gasteiger partial charge in [-0.2, -0.15) is 0 Å². The van der Waals surface area contributed by atoms with Gasteiger partial charge in [0.2, 0.25) is 11.8 Å². The van der Waals surface area contributed by atoms with Crippen LogP contribution in [0.25, 0.3) is 0 Å². The van der Waals surface area contributed by atoms with E-state index >= 15 is 0 Å². The standard InChI is InChI=1S/C20H25N3O3/c1-13(2)11-17(23-19(24)16-8-6-5-7-14(16)3)20(25)22-15-9-10-18(26-4)21-12-15/h5-10,12-13,17H,11H2,1-4H3,(H,22,25)(H,23,24). The number of methoxy groups -OCH3 is 1. The maximum absolute atomic E-state index is 12.7. The van der Waals surface area contributed by atoms with E-state index in [2.05, 4.69) is 15.6 Å². The summed E-state index contributed by atoms with van der Waals surface area (Å²) in [5.74, 6) is 0.191. The highest BCUT2D eigenvalue weighted by atomic mass is 16.5. The number of carbonyl (C=O) groups excluding carboxylic acids is 2. The van der Waals surface area contributed by atoms with Gasteiger partial charge in [-0.3, -0.25) is 9.59 Å². The molecule has 6 nitrogen and oxygen atoms in total. The molecule has 2 aromatic rings. The van der Waals surface area contributed by atoms with Gasteiger partial charge in [0.15, 0.2) is 0 Å². The lowest BCUT2D eigenvalue weighted by atomic mass is 10.0. The minimum Gasteiger partial charge on any atom is -0.481 e. The van der Waals surface area contributed by atoms with Gasteiger partial charge in [-0.1, -0.05) is 32.0 Å². The third kappa shape index (κ3) is 5.31. The minimum absolute atomic E-state index is 0.247. The molecule has 0 saturated heterocycles. The van der Waals surface area contributed by atoms with E-state index in [1.165, 1.54) is 13.3 Å². The van der Waals surface area contributed by atoms with Crippen molar-refractivity contribution >= 4 is 17.5 Å². The van der Waals surface area contributed by atoms with E-state index in [4.69, 9.17) is 4.74 Å². The summed E-state index contributed by atoms with van der Waals surface area (Å²) in [5.41, 5.74) is 1.99. The van der Waals surface area contributed by atoms with Crippen molar-refractivity contribution in [2.24, 2.45) is 5.92 Å². The highest BCUT2D eigenvalue weighted by Gasteiger charge is 2.23. The number of rotatable bonds is 7. The Labute approximate surface area is 154 Å². The fourth-order valence-electron chi connectivity index (χ4n) is 2.57. The van der Waals surface area contributed by atoms with Crippen LogP contribution in [-0.4, -0.2) is 29.9 Å². The molecule has 2 N–H and O–H groups in total. The SMILES string of the molecule is COc1ccc(NC(=O)C(CC(C)C)NC(=O)c2ccccc2C)cn1. The number of hydrogen-bond acceptors (Lipinski definition) is 4. The predicted octanol–water partition coefficient (Wildman–Crippen LogP) is 3.18. The first-order chi connectivity index (χ1) is 12.4. The smallest absolute Gasteiger partial charge is 0.252 e. The Morgan fingerprint density at radius 3 is 2.46 bits per heavy atom. The van der Waals surface area contributed by atoms with E-state index in [9.17, 15) is 9.59 Å². The van der Waals surface area contributed by atoms with E-state index < -0.39 is 6.04 Å². The van der Waals surface area contributed by atoms with Crippen LogP contribution in [0.2, 0.25) is 0 Å². The number of hydrogen-bond donors (Lipinski definition) is 2. The number of pyridine rings is 1. The third-order valence-electron chi connectivity index (χ3n) is 3.93. The summed E-state index contributed by atoms with van der Waals surface area (Å²) in [6.45, 7) is 5.89. The highest BCUT2D eigenvalue weighted by Crippen LogP contribution is 2.14. The topological polar surface area (TPSA) is 80.3 Å². The minimum atomic E-state index is -0.635. The predicted molar refractivity (Wildman–Crippen MR) is 101 cm³/mol. The first-order valence-corrected chi connectivity index (χ1v) is 8.58. The maximum atomic E-state index is 12.7. The zero-order chi connectivity index (χ0) is 19.1. The largest absolute Gasteiger partial charge is 0.481 e. The van der Waals surface area contributed by atoms with Gasteiger partial charge in [0, 0.05) is 11.6 Å². The molecule has 1 aromatic carbocycles. The molecule has 0 fully saturated rings. The molecule has 0 spiro atoms. The molecule has 2 amide bonds. The fourth-order valence-corrected chi connectivity index (χ4v) is 2.57. The second-order valence-electron chi connectivity index (χ2n) is 6.55. The quantitative estimate of drug-likeness (QED) is 0.799. The second kappa shape index (κ2) is 8.99. The summed E-state index contributed by atoms with van der Waals surface area (Å²) >= 11 is 0. The van der Waals surface area contributed by atoms with Crippen LogP contribution in [0.3, 0.4) is 0 Å². The number of nitrogens with one attached hydrogen (secondary N) is 2. The molecule has 1 aromatic heterocycles. The summed E-state index contributed by atoms with van der Waals surface area (Å²) in [4.78, 5) is 29.3. The van der Waals surface area contributed by atoms with Gasteiger partial charge in [-0.25, -0.2) is 4.98 Å². The van der Waals surface area contributed by atoms with Gasteiger partial charge in [-0.15, -0.1) is 0 Å². The Morgan fingerprint density at radius 1 is 1.15 bits per heavy atom. The Morgan fingerprint density at radius 2 is 1.88 bits per heavy atom. The Balaban J connectivity index is 2.11. The average molecular weight is 355 g/mol. The third-order valence-corrected chi connectivity index (χ3v) is 3.93. The van der Waals surface area contributed by atoms with E-state index in [1.54, 1.807) is 18.2 Å². The number of aromatic nitrogens is 1. The molecule has 0 aliphatic heterocycles. The lowest BCUT2D eigenvalue weighted by molar-refractivity contribution is -0.118. The Hall–Kier alpha value is -2.89. The van der Waals surface area contributed by atoms with Gasteiger partial charge >= 0.3 is 0 Å². The molecular weight excluding hydrogens is 330 g/mol. The van der Waals surface area contributed by atoms with Crippen molar-refractivity contribution in [3.05, 3.63) is 53.7 Å². The number of aryl methyl sites for hydroxylation is 1. The normalized spacial score (nSPS) is 11.7. The van der Waals surface area contributed by atoms with Gasteiger partial charge in [0.05, 0.1) is 19.0 Å². The first kappa shape index (κ1) is 19.4. The van der Waals surface area contributed by atoms with Crippen LogP contribution in [0.5, 0.6) is 5.88 Å². The van der Waals surface area contributed by atoms with Crippen LogP contribution in [0.4, 0.5) is 5.69 Å². The monoisotopic (exact) mass is 355 g/mol. The number of benzene rings is 1. The molecular formula is C20H25N3O3. The Bertz CT molecular complexity index is 757. The van der Waals surface area contributed by atoms with Crippen LogP contribution < -0.4 is 15.4 Å². The molecule has 26 heavy (non-hydrogen) atoms. The molecule has 0 aliphatic carbocycles. The summed E-state index contributed by atoms with van der Waals surface area (Å²) < 4.78 is 5.01. The lowest BCUT2D eigenvalue weighted by Gasteiger charge is -2.20. The number of amides is 2. The lowest BCUT2D eigenvalue weighted by Crippen LogP contribution is -2.44. The van der Waals surface area contributed by atoms with Gasteiger partial charge in [0.1, 0.15) is 6.04 Å².